The van der Waals surface area contributed by atoms with Crippen LogP contribution in [0.5, 0.6) is 0 Å². The Hall–Kier alpha value is -1.46. The summed E-state index contributed by atoms with van der Waals surface area (Å²) in [6, 6.07) is 4.06. The first-order valence-electron chi connectivity index (χ1n) is 7.71. The van der Waals surface area contributed by atoms with Crippen LogP contribution in [0.2, 0.25) is 0 Å². The molecule has 1 atom stereocenters. The van der Waals surface area contributed by atoms with Gasteiger partial charge in [-0.1, -0.05) is 6.92 Å². The van der Waals surface area contributed by atoms with Gasteiger partial charge in [-0.25, -0.2) is 0 Å². The Kier molecular flexibility index (Phi) is 5.31. The summed E-state index contributed by atoms with van der Waals surface area (Å²) in [6.45, 7) is 4.36. The summed E-state index contributed by atoms with van der Waals surface area (Å²) >= 11 is 0. The predicted octanol–water partition coefficient (Wildman–Crippen LogP) is 0.799. The average molecular weight is 290 g/mol. The zero-order valence-corrected chi connectivity index (χ0v) is 13.0. The highest BCUT2D eigenvalue weighted by molar-refractivity contribution is 5.86. The number of aromatic nitrogens is 1. The first-order chi connectivity index (χ1) is 10.1. The summed E-state index contributed by atoms with van der Waals surface area (Å²) in [6.07, 6.45) is 6.75. The average Bonchev–Trinajstić information content (AvgIpc) is 3.30. The molecule has 0 radical (unpaired) electrons. The molecule has 0 aliphatic heterocycles. The van der Waals surface area contributed by atoms with Crippen LogP contribution in [0.15, 0.2) is 24.5 Å². The number of likely N-dealkylation sites (N-methyl/N-ethyl adjacent to an activating group) is 2. The van der Waals surface area contributed by atoms with Crippen LogP contribution in [0.1, 0.15) is 25.3 Å². The third-order valence-electron chi connectivity index (χ3n) is 4.26. The van der Waals surface area contributed by atoms with Gasteiger partial charge < -0.3 is 16.0 Å². The second-order valence-corrected chi connectivity index (χ2v) is 5.98. The Balaban J connectivity index is 1.94. The number of nitrogens with zero attached hydrogens (tertiary/aromatic N) is 2. The second-order valence-electron chi connectivity index (χ2n) is 5.98. The van der Waals surface area contributed by atoms with E-state index in [1.807, 2.05) is 31.5 Å². The monoisotopic (exact) mass is 290 g/mol. The van der Waals surface area contributed by atoms with Gasteiger partial charge in [-0.2, -0.15) is 0 Å². The van der Waals surface area contributed by atoms with Crippen LogP contribution in [0.3, 0.4) is 0 Å². The maximum atomic E-state index is 12.0. The van der Waals surface area contributed by atoms with Gasteiger partial charge >= 0.3 is 0 Å². The first-order valence-corrected chi connectivity index (χ1v) is 7.71. The van der Waals surface area contributed by atoms with Crippen molar-refractivity contribution in [3.63, 3.8) is 0 Å². The number of rotatable bonds is 9. The van der Waals surface area contributed by atoms with Crippen LogP contribution in [0.25, 0.3) is 0 Å². The lowest BCUT2D eigenvalue weighted by Gasteiger charge is -2.35. The maximum absolute atomic E-state index is 12.0. The molecule has 1 aromatic heterocycles. The second kappa shape index (κ2) is 7.00. The Morgan fingerprint density at radius 2 is 2.14 bits per heavy atom. The van der Waals surface area contributed by atoms with E-state index in [-0.39, 0.29) is 5.91 Å². The molecule has 1 fully saturated rings. The molecular weight excluding hydrogens is 264 g/mol. The normalized spacial score (nSPS) is 17.7. The number of pyridine rings is 1. The molecule has 1 heterocycles. The summed E-state index contributed by atoms with van der Waals surface area (Å²) in [4.78, 5) is 18.3. The molecule has 0 bridgehead atoms. The molecule has 1 saturated carbocycles. The van der Waals surface area contributed by atoms with E-state index in [9.17, 15) is 4.79 Å². The van der Waals surface area contributed by atoms with E-state index in [2.05, 4.69) is 22.2 Å². The molecule has 1 amide bonds. The molecule has 21 heavy (non-hydrogen) atoms. The Bertz CT molecular complexity index is 461. The van der Waals surface area contributed by atoms with Crippen molar-refractivity contribution in [1.82, 2.24) is 15.2 Å². The largest absolute Gasteiger partial charge is 0.368 e. The van der Waals surface area contributed by atoms with E-state index in [0.717, 1.165) is 32.4 Å². The van der Waals surface area contributed by atoms with Crippen molar-refractivity contribution in [2.75, 3.05) is 26.7 Å². The van der Waals surface area contributed by atoms with Gasteiger partial charge in [-0.05, 0) is 56.5 Å². The van der Waals surface area contributed by atoms with E-state index in [0.29, 0.717) is 12.5 Å². The van der Waals surface area contributed by atoms with Crippen molar-refractivity contribution in [2.45, 2.75) is 31.7 Å². The Morgan fingerprint density at radius 1 is 1.48 bits per heavy atom. The lowest BCUT2D eigenvalue weighted by Crippen LogP contribution is -2.62. The van der Waals surface area contributed by atoms with Crippen LogP contribution >= 0.6 is 0 Å². The number of amides is 1. The molecule has 1 unspecified atom stereocenters. The minimum absolute atomic E-state index is 0.220. The van der Waals surface area contributed by atoms with E-state index in [1.165, 1.54) is 5.56 Å². The van der Waals surface area contributed by atoms with Gasteiger partial charge in [-0.3, -0.25) is 9.78 Å². The van der Waals surface area contributed by atoms with Gasteiger partial charge in [0, 0.05) is 25.5 Å². The highest BCUT2D eigenvalue weighted by Gasteiger charge is 2.49. The van der Waals surface area contributed by atoms with Gasteiger partial charge in [-0.15, -0.1) is 0 Å². The van der Waals surface area contributed by atoms with Crippen molar-refractivity contribution >= 4 is 5.91 Å². The third kappa shape index (κ3) is 4.02. The lowest BCUT2D eigenvalue weighted by atomic mass is 9.91. The number of hydrogen-bond donors (Lipinski definition) is 2. The van der Waals surface area contributed by atoms with Crippen LogP contribution < -0.4 is 11.1 Å². The number of carbonyl (C=O) groups excluding carboxylic acids is 1. The molecule has 5 heteroatoms. The van der Waals surface area contributed by atoms with E-state index < -0.39 is 5.54 Å². The molecule has 0 spiro atoms. The topological polar surface area (TPSA) is 71.2 Å². The molecule has 1 aliphatic carbocycles. The fourth-order valence-corrected chi connectivity index (χ4v) is 2.96. The number of nitrogens with two attached hydrogens (primary N) is 1. The maximum Gasteiger partial charge on any atom is 0.239 e. The molecule has 0 aromatic carbocycles. The SMILES string of the molecule is CCNC(CN(C)CCc1ccncc1)(C(N)=O)C1CC1. The summed E-state index contributed by atoms with van der Waals surface area (Å²) in [7, 11) is 2.05. The quantitative estimate of drug-likeness (QED) is 0.706. The fraction of sp³-hybridized carbons (Fsp3) is 0.625. The van der Waals surface area contributed by atoms with Gasteiger partial charge in [0.2, 0.25) is 5.91 Å². The smallest absolute Gasteiger partial charge is 0.239 e. The summed E-state index contributed by atoms with van der Waals surface area (Å²) < 4.78 is 0. The molecule has 116 valence electrons. The molecule has 2 rings (SSSR count). The number of hydrogen-bond acceptors (Lipinski definition) is 4. The number of primary amides is 1. The van der Waals surface area contributed by atoms with Crippen LogP contribution in [-0.2, 0) is 11.2 Å². The van der Waals surface area contributed by atoms with Gasteiger partial charge in [0.15, 0.2) is 0 Å². The zero-order valence-electron chi connectivity index (χ0n) is 13.0. The summed E-state index contributed by atoms with van der Waals surface area (Å²) in [5.74, 6) is 0.168. The molecule has 3 N–H and O–H groups in total. The first kappa shape index (κ1) is 15.9. The molecule has 0 saturated heterocycles. The molecule has 5 nitrogen and oxygen atoms in total. The van der Waals surface area contributed by atoms with Gasteiger partial charge in [0.25, 0.3) is 0 Å². The lowest BCUT2D eigenvalue weighted by molar-refractivity contribution is -0.126. The highest BCUT2D eigenvalue weighted by Crippen LogP contribution is 2.40. The number of carbonyl (C=O) groups is 1. The fourth-order valence-electron chi connectivity index (χ4n) is 2.96. The van der Waals surface area contributed by atoms with E-state index >= 15 is 0 Å². The van der Waals surface area contributed by atoms with E-state index in [1.54, 1.807) is 0 Å². The van der Waals surface area contributed by atoms with Crippen molar-refractivity contribution in [3.8, 4) is 0 Å². The summed E-state index contributed by atoms with van der Waals surface area (Å²) in [5, 5.41) is 3.36. The molecule has 1 aromatic rings. The van der Waals surface area contributed by atoms with Crippen LogP contribution in [-0.4, -0.2) is 48.0 Å². The van der Waals surface area contributed by atoms with Gasteiger partial charge in [0.05, 0.1) is 0 Å². The minimum Gasteiger partial charge on any atom is -0.368 e. The zero-order chi connectivity index (χ0) is 15.3. The Morgan fingerprint density at radius 3 is 2.67 bits per heavy atom. The van der Waals surface area contributed by atoms with Gasteiger partial charge in [0.1, 0.15) is 5.54 Å². The molecule has 1 aliphatic rings. The number of nitrogens with one attached hydrogen (secondary N) is 1. The minimum atomic E-state index is -0.568. The van der Waals surface area contributed by atoms with Crippen LogP contribution in [0, 0.1) is 5.92 Å². The van der Waals surface area contributed by atoms with Crippen molar-refractivity contribution in [1.29, 1.82) is 0 Å². The standard InChI is InChI=1S/C16H26N4O/c1-3-19-16(15(17)21,14-4-5-14)12-20(2)11-8-13-6-9-18-10-7-13/h6-7,9-10,14,19H,3-5,8,11-12H2,1-2H3,(H2,17,21). The van der Waals surface area contributed by atoms with Crippen molar-refractivity contribution in [3.05, 3.63) is 30.1 Å². The summed E-state index contributed by atoms with van der Waals surface area (Å²) in [5.41, 5.74) is 6.41. The predicted molar refractivity (Wildman–Crippen MR) is 83.8 cm³/mol. The van der Waals surface area contributed by atoms with E-state index in [4.69, 9.17) is 5.73 Å². The highest BCUT2D eigenvalue weighted by atomic mass is 16.1. The third-order valence-corrected chi connectivity index (χ3v) is 4.26. The Labute approximate surface area is 126 Å². The van der Waals surface area contributed by atoms with Crippen LogP contribution in [0.4, 0.5) is 0 Å². The molecular formula is C16H26N4O. The van der Waals surface area contributed by atoms with Crippen molar-refractivity contribution in [2.24, 2.45) is 11.7 Å². The van der Waals surface area contributed by atoms with Crippen molar-refractivity contribution < 1.29 is 4.79 Å².